The minimum atomic E-state index is -0.176. The second kappa shape index (κ2) is 6.67. The summed E-state index contributed by atoms with van der Waals surface area (Å²) in [5.41, 5.74) is 0. The molecule has 0 bridgehead atoms. The van der Waals surface area contributed by atoms with Gasteiger partial charge >= 0.3 is 0 Å². The van der Waals surface area contributed by atoms with Crippen molar-refractivity contribution >= 4 is 18.5 Å². The largest absolute Gasteiger partial charge is 0.352 e. The fraction of sp³-hybridized carbons (Fsp3) is 0.929. The number of hydrogen-bond acceptors (Lipinski definition) is 2. The van der Waals surface area contributed by atoms with E-state index < -0.39 is 0 Å². The smallest absolute Gasteiger partial charge is 0.233 e. The Morgan fingerprint density at radius 1 is 1.18 bits per heavy atom. The number of nitrogens with one attached hydrogen (secondary N) is 1. The highest BCUT2D eigenvalue weighted by atomic mass is 32.1. The van der Waals surface area contributed by atoms with E-state index in [1.54, 1.807) is 0 Å². The molecule has 1 saturated carbocycles. The van der Waals surface area contributed by atoms with Crippen molar-refractivity contribution in [3.05, 3.63) is 0 Å². The summed E-state index contributed by atoms with van der Waals surface area (Å²) < 4.78 is 0. The third-order valence-corrected chi connectivity index (χ3v) is 4.73. The molecule has 17 heavy (non-hydrogen) atoms. The molecule has 0 aliphatic heterocycles. The summed E-state index contributed by atoms with van der Waals surface area (Å²) in [6.07, 6.45) is 4.94. The molecule has 3 unspecified atom stereocenters. The van der Waals surface area contributed by atoms with Gasteiger partial charge in [-0.25, -0.2) is 0 Å². The first kappa shape index (κ1) is 14.9. The maximum absolute atomic E-state index is 12.0. The number of carbonyl (C=O) groups excluding carboxylic acids is 1. The predicted molar refractivity (Wildman–Crippen MR) is 76.3 cm³/mol. The molecule has 0 aromatic heterocycles. The minimum absolute atomic E-state index is 0.112. The molecule has 1 N–H and O–H groups in total. The quantitative estimate of drug-likeness (QED) is 0.744. The van der Waals surface area contributed by atoms with E-state index in [9.17, 15) is 4.79 Å². The molecular weight excluding hydrogens is 230 g/mol. The van der Waals surface area contributed by atoms with E-state index in [2.05, 4.69) is 31.8 Å². The van der Waals surface area contributed by atoms with Crippen LogP contribution in [0.5, 0.6) is 0 Å². The minimum Gasteiger partial charge on any atom is -0.352 e. The molecule has 100 valence electrons. The number of thiol groups is 1. The monoisotopic (exact) mass is 257 g/mol. The summed E-state index contributed by atoms with van der Waals surface area (Å²) in [6, 6.07) is 0.365. The Balaban J connectivity index is 2.56. The van der Waals surface area contributed by atoms with Crippen molar-refractivity contribution in [2.45, 2.75) is 64.7 Å². The normalized spacial score (nSPS) is 27.2. The van der Waals surface area contributed by atoms with Crippen molar-refractivity contribution in [1.82, 2.24) is 5.32 Å². The Morgan fingerprint density at radius 3 is 2.29 bits per heavy atom. The van der Waals surface area contributed by atoms with Crippen LogP contribution in [0.4, 0.5) is 0 Å². The Hall–Kier alpha value is -0.180. The summed E-state index contributed by atoms with van der Waals surface area (Å²) in [5, 5.41) is 3.04. The van der Waals surface area contributed by atoms with Crippen LogP contribution in [0.3, 0.4) is 0 Å². The standard InChI is InChI=1S/C14H27NOS/c1-9(2)11-7-5-6-8-12(11)15-14(16)13(17)10(3)4/h9-13,17H,5-8H2,1-4H3,(H,15,16). The molecule has 3 atom stereocenters. The van der Waals surface area contributed by atoms with Gasteiger partial charge in [0.1, 0.15) is 0 Å². The first-order valence-electron chi connectivity index (χ1n) is 6.92. The van der Waals surface area contributed by atoms with Crippen molar-refractivity contribution < 1.29 is 4.79 Å². The zero-order valence-electron chi connectivity index (χ0n) is 11.6. The third kappa shape index (κ3) is 4.20. The highest BCUT2D eigenvalue weighted by Crippen LogP contribution is 2.30. The molecule has 1 aliphatic rings. The molecule has 2 nitrogen and oxygen atoms in total. The van der Waals surface area contributed by atoms with Gasteiger partial charge in [0.15, 0.2) is 0 Å². The number of carbonyl (C=O) groups is 1. The van der Waals surface area contributed by atoms with Gasteiger partial charge in [-0.1, -0.05) is 40.5 Å². The lowest BCUT2D eigenvalue weighted by Gasteiger charge is -2.35. The molecule has 1 rings (SSSR count). The second-order valence-corrected chi connectivity index (χ2v) is 6.55. The van der Waals surface area contributed by atoms with Gasteiger partial charge in [0.2, 0.25) is 5.91 Å². The lowest BCUT2D eigenvalue weighted by atomic mass is 9.78. The van der Waals surface area contributed by atoms with E-state index >= 15 is 0 Å². The van der Waals surface area contributed by atoms with Crippen LogP contribution < -0.4 is 5.32 Å². The number of hydrogen-bond donors (Lipinski definition) is 2. The molecule has 0 aromatic carbocycles. The van der Waals surface area contributed by atoms with E-state index in [1.165, 1.54) is 19.3 Å². The van der Waals surface area contributed by atoms with Crippen molar-refractivity contribution in [2.24, 2.45) is 17.8 Å². The maximum Gasteiger partial charge on any atom is 0.233 e. The summed E-state index contributed by atoms with van der Waals surface area (Å²) >= 11 is 4.39. The van der Waals surface area contributed by atoms with E-state index in [-0.39, 0.29) is 11.2 Å². The zero-order chi connectivity index (χ0) is 13.0. The fourth-order valence-corrected chi connectivity index (χ4v) is 2.78. The van der Waals surface area contributed by atoms with Gasteiger partial charge < -0.3 is 5.32 Å². The molecular formula is C14H27NOS. The molecule has 3 heteroatoms. The van der Waals surface area contributed by atoms with Crippen molar-refractivity contribution in [3.63, 3.8) is 0 Å². The SMILES string of the molecule is CC(C)C(S)C(=O)NC1CCCCC1C(C)C. The van der Waals surface area contributed by atoms with Crippen LogP contribution in [0.2, 0.25) is 0 Å². The van der Waals surface area contributed by atoms with Gasteiger partial charge in [0.25, 0.3) is 0 Å². The lowest BCUT2D eigenvalue weighted by Crippen LogP contribution is -2.47. The number of amides is 1. The van der Waals surface area contributed by atoms with Gasteiger partial charge in [-0.15, -0.1) is 0 Å². The van der Waals surface area contributed by atoms with Crippen LogP contribution in [-0.4, -0.2) is 17.2 Å². The molecule has 1 fully saturated rings. The van der Waals surface area contributed by atoms with Gasteiger partial charge in [-0.2, -0.15) is 12.6 Å². The van der Waals surface area contributed by atoms with Gasteiger partial charge in [0, 0.05) is 6.04 Å². The summed E-state index contributed by atoms with van der Waals surface area (Å²) in [4.78, 5) is 12.0. The molecule has 0 aromatic rings. The Bertz CT molecular complexity index is 253. The highest BCUT2D eigenvalue weighted by molar-refractivity contribution is 7.81. The Kier molecular flexibility index (Phi) is 5.84. The molecule has 0 heterocycles. The average Bonchev–Trinajstić information content (AvgIpc) is 2.28. The zero-order valence-corrected chi connectivity index (χ0v) is 12.5. The van der Waals surface area contributed by atoms with Gasteiger partial charge in [-0.3, -0.25) is 4.79 Å². The summed E-state index contributed by atoms with van der Waals surface area (Å²) in [6.45, 7) is 8.60. The van der Waals surface area contributed by atoms with E-state index in [0.29, 0.717) is 23.8 Å². The van der Waals surface area contributed by atoms with Crippen LogP contribution >= 0.6 is 12.6 Å². The van der Waals surface area contributed by atoms with Crippen LogP contribution in [0.15, 0.2) is 0 Å². The molecule has 0 saturated heterocycles. The lowest BCUT2D eigenvalue weighted by molar-refractivity contribution is -0.122. The van der Waals surface area contributed by atoms with Gasteiger partial charge in [0.05, 0.1) is 5.25 Å². The van der Waals surface area contributed by atoms with Crippen LogP contribution in [0.25, 0.3) is 0 Å². The van der Waals surface area contributed by atoms with Crippen molar-refractivity contribution in [1.29, 1.82) is 0 Å². The molecule has 0 spiro atoms. The first-order chi connectivity index (χ1) is 7.93. The van der Waals surface area contributed by atoms with Gasteiger partial charge in [-0.05, 0) is 30.6 Å². The van der Waals surface area contributed by atoms with Crippen LogP contribution in [0, 0.1) is 17.8 Å². The van der Waals surface area contributed by atoms with Crippen LogP contribution in [0.1, 0.15) is 53.4 Å². The van der Waals surface area contributed by atoms with Crippen molar-refractivity contribution in [3.8, 4) is 0 Å². The van der Waals surface area contributed by atoms with E-state index in [1.807, 2.05) is 13.8 Å². The van der Waals surface area contributed by atoms with E-state index in [0.717, 1.165) is 6.42 Å². The molecule has 1 aliphatic carbocycles. The predicted octanol–water partition coefficient (Wildman–Crippen LogP) is 3.27. The van der Waals surface area contributed by atoms with E-state index in [4.69, 9.17) is 0 Å². The summed E-state index contributed by atoms with van der Waals surface area (Å²) in [5.74, 6) is 1.69. The first-order valence-corrected chi connectivity index (χ1v) is 7.43. The third-order valence-electron chi connectivity index (χ3n) is 3.90. The topological polar surface area (TPSA) is 29.1 Å². The maximum atomic E-state index is 12.0. The Labute approximate surface area is 111 Å². The average molecular weight is 257 g/mol. The second-order valence-electron chi connectivity index (χ2n) is 6.00. The number of rotatable bonds is 4. The summed E-state index contributed by atoms with van der Waals surface area (Å²) in [7, 11) is 0. The fourth-order valence-electron chi connectivity index (χ4n) is 2.71. The van der Waals surface area contributed by atoms with Crippen molar-refractivity contribution in [2.75, 3.05) is 0 Å². The molecule has 0 radical (unpaired) electrons. The van der Waals surface area contributed by atoms with Crippen LogP contribution in [-0.2, 0) is 4.79 Å². The highest BCUT2D eigenvalue weighted by Gasteiger charge is 2.30. The molecule has 1 amide bonds. The Morgan fingerprint density at radius 2 is 1.76 bits per heavy atom.